The van der Waals surface area contributed by atoms with E-state index in [9.17, 15) is 4.39 Å². The van der Waals surface area contributed by atoms with Gasteiger partial charge in [0, 0.05) is 19.2 Å². The molecule has 96 valence electrons. The van der Waals surface area contributed by atoms with Gasteiger partial charge in [0.05, 0.1) is 6.61 Å². The van der Waals surface area contributed by atoms with E-state index in [1.54, 1.807) is 13.8 Å². The van der Waals surface area contributed by atoms with E-state index in [0.29, 0.717) is 23.8 Å². The number of rotatable bonds is 6. The smallest absolute Gasteiger partial charge is 0.129 e. The Morgan fingerprint density at radius 3 is 2.41 bits per heavy atom. The highest BCUT2D eigenvalue weighted by atomic mass is 19.1. The average Bonchev–Trinajstić information content (AvgIpc) is 2.30. The minimum Gasteiger partial charge on any atom is -0.380 e. The molecule has 1 aromatic rings. The zero-order chi connectivity index (χ0) is 12.8. The molecule has 0 saturated carbocycles. The van der Waals surface area contributed by atoms with E-state index >= 15 is 0 Å². The Morgan fingerprint density at radius 2 is 1.88 bits per heavy atom. The minimum atomic E-state index is -0.101. The predicted octanol–water partition coefficient (Wildman–Crippen LogP) is 2.96. The van der Waals surface area contributed by atoms with E-state index in [4.69, 9.17) is 4.74 Å². The van der Waals surface area contributed by atoms with Gasteiger partial charge in [-0.15, -0.1) is 0 Å². The Labute approximate surface area is 103 Å². The molecule has 1 unspecified atom stereocenters. The van der Waals surface area contributed by atoms with Crippen molar-refractivity contribution in [3.05, 3.63) is 34.6 Å². The summed E-state index contributed by atoms with van der Waals surface area (Å²) in [6.07, 6.45) is 0. The Morgan fingerprint density at radius 1 is 1.29 bits per heavy atom. The predicted molar refractivity (Wildman–Crippen MR) is 68.7 cm³/mol. The Kier molecular flexibility index (Phi) is 5.59. The summed E-state index contributed by atoms with van der Waals surface area (Å²) in [5.74, 6) is -0.101. The minimum absolute atomic E-state index is 0.101. The molecule has 1 rings (SSSR count). The normalized spacial score (nSPS) is 12.8. The maximum Gasteiger partial charge on any atom is 0.129 e. The highest BCUT2D eigenvalue weighted by molar-refractivity contribution is 5.30. The van der Waals surface area contributed by atoms with Crippen LogP contribution >= 0.6 is 0 Å². The summed E-state index contributed by atoms with van der Waals surface area (Å²) in [5, 5.41) is 3.36. The van der Waals surface area contributed by atoms with Gasteiger partial charge >= 0.3 is 0 Å². The molecular formula is C14H22FNO. The number of benzene rings is 1. The van der Waals surface area contributed by atoms with Gasteiger partial charge < -0.3 is 10.1 Å². The molecular weight excluding hydrogens is 217 g/mol. The number of nitrogens with one attached hydrogen (secondary N) is 1. The number of ether oxygens (including phenoxy) is 1. The van der Waals surface area contributed by atoms with E-state index in [0.717, 1.165) is 18.7 Å². The number of aryl methyl sites for hydroxylation is 2. The Hall–Kier alpha value is -0.930. The molecule has 1 N–H and O–H groups in total. The van der Waals surface area contributed by atoms with Crippen LogP contribution in [0.5, 0.6) is 0 Å². The van der Waals surface area contributed by atoms with Crippen LogP contribution < -0.4 is 5.32 Å². The largest absolute Gasteiger partial charge is 0.380 e. The van der Waals surface area contributed by atoms with Gasteiger partial charge in [-0.3, -0.25) is 0 Å². The fraction of sp³-hybridized carbons (Fsp3) is 0.571. The fourth-order valence-corrected chi connectivity index (χ4v) is 1.78. The standard InChI is InChI=1S/C14H22FNO/c1-5-17-9-12(4)16-8-13-6-10(2)14(15)11(3)7-13/h6-7,12,16H,5,8-9H2,1-4H3. The molecule has 0 aliphatic heterocycles. The van der Waals surface area contributed by atoms with Crippen LogP contribution in [0.15, 0.2) is 12.1 Å². The molecule has 1 aromatic carbocycles. The first-order chi connectivity index (χ1) is 8.04. The molecule has 0 amide bonds. The molecule has 3 heteroatoms. The van der Waals surface area contributed by atoms with E-state index in [-0.39, 0.29) is 5.82 Å². The first kappa shape index (κ1) is 14.1. The van der Waals surface area contributed by atoms with Crippen molar-refractivity contribution in [3.8, 4) is 0 Å². The van der Waals surface area contributed by atoms with Crippen molar-refractivity contribution in [1.82, 2.24) is 5.32 Å². The van der Waals surface area contributed by atoms with Gasteiger partial charge in [0.25, 0.3) is 0 Å². The molecule has 0 spiro atoms. The topological polar surface area (TPSA) is 21.3 Å². The van der Waals surface area contributed by atoms with Crippen molar-refractivity contribution >= 4 is 0 Å². The lowest BCUT2D eigenvalue weighted by molar-refractivity contribution is 0.127. The number of halogens is 1. The molecule has 0 heterocycles. The van der Waals surface area contributed by atoms with Gasteiger partial charge in [0.2, 0.25) is 0 Å². The Bertz CT molecular complexity index is 342. The summed E-state index contributed by atoms with van der Waals surface area (Å²) < 4.78 is 18.8. The van der Waals surface area contributed by atoms with Crippen LogP contribution in [0.3, 0.4) is 0 Å². The second-order valence-electron chi connectivity index (χ2n) is 4.49. The van der Waals surface area contributed by atoms with Crippen molar-refractivity contribution in [2.45, 2.75) is 40.3 Å². The maximum atomic E-state index is 13.4. The summed E-state index contributed by atoms with van der Waals surface area (Å²) in [6, 6.07) is 4.09. The first-order valence-electron chi connectivity index (χ1n) is 6.11. The van der Waals surface area contributed by atoms with Gasteiger partial charge in [0.15, 0.2) is 0 Å². The third-order valence-corrected chi connectivity index (χ3v) is 2.72. The number of hydrogen-bond acceptors (Lipinski definition) is 2. The maximum absolute atomic E-state index is 13.4. The van der Waals surface area contributed by atoms with Gasteiger partial charge in [0.1, 0.15) is 5.82 Å². The summed E-state index contributed by atoms with van der Waals surface area (Å²) in [5.41, 5.74) is 2.53. The molecule has 0 aliphatic rings. The third kappa shape index (κ3) is 4.44. The highest BCUT2D eigenvalue weighted by Crippen LogP contribution is 2.14. The molecule has 0 radical (unpaired) electrons. The van der Waals surface area contributed by atoms with Crippen LogP contribution in [-0.4, -0.2) is 19.3 Å². The van der Waals surface area contributed by atoms with Crippen molar-refractivity contribution in [2.75, 3.05) is 13.2 Å². The lowest BCUT2D eigenvalue weighted by atomic mass is 10.1. The molecule has 0 aromatic heterocycles. The number of hydrogen-bond donors (Lipinski definition) is 1. The third-order valence-electron chi connectivity index (χ3n) is 2.72. The van der Waals surface area contributed by atoms with Crippen LogP contribution in [0.1, 0.15) is 30.5 Å². The van der Waals surface area contributed by atoms with E-state index in [1.165, 1.54) is 0 Å². The SMILES string of the molecule is CCOCC(C)NCc1cc(C)c(F)c(C)c1. The molecule has 0 aliphatic carbocycles. The van der Waals surface area contributed by atoms with Crippen molar-refractivity contribution in [2.24, 2.45) is 0 Å². The quantitative estimate of drug-likeness (QED) is 0.824. The van der Waals surface area contributed by atoms with Gasteiger partial charge in [-0.25, -0.2) is 4.39 Å². The van der Waals surface area contributed by atoms with Crippen LogP contribution in [0.4, 0.5) is 4.39 Å². The lowest BCUT2D eigenvalue weighted by Gasteiger charge is -2.14. The fourth-order valence-electron chi connectivity index (χ4n) is 1.78. The lowest BCUT2D eigenvalue weighted by Crippen LogP contribution is -2.30. The zero-order valence-electron chi connectivity index (χ0n) is 11.1. The van der Waals surface area contributed by atoms with Crippen molar-refractivity contribution in [1.29, 1.82) is 0 Å². The molecule has 0 saturated heterocycles. The van der Waals surface area contributed by atoms with E-state index in [2.05, 4.69) is 12.2 Å². The van der Waals surface area contributed by atoms with Crippen LogP contribution in [0, 0.1) is 19.7 Å². The Balaban J connectivity index is 2.52. The van der Waals surface area contributed by atoms with E-state index < -0.39 is 0 Å². The van der Waals surface area contributed by atoms with Gasteiger partial charge in [-0.1, -0.05) is 12.1 Å². The first-order valence-corrected chi connectivity index (χ1v) is 6.11. The summed E-state index contributed by atoms with van der Waals surface area (Å²) in [6.45, 7) is 9.86. The molecule has 17 heavy (non-hydrogen) atoms. The zero-order valence-corrected chi connectivity index (χ0v) is 11.1. The van der Waals surface area contributed by atoms with Gasteiger partial charge in [-0.05, 0) is 44.4 Å². The van der Waals surface area contributed by atoms with Crippen LogP contribution in [-0.2, 0) is 11.3 Å². The van der Waals surface area contributed by atoms with E-state index in [1.807, 2.05) is 19.1 Å². The molecule has 0 bridgehead atoms. The average molecular weight is 239 g/mol. The van der Waals surface area contributed by atoms with Crippen LogP contribution in [0.2, 0.25) is 0 Å². The molecule has 1 atom stereocenters. The second-order valence-corrected chi connectivity index (χ2v) is 4.49. The molecule has 0 fully saturated rings. The van der Waals surface area contributed by atoms with Crippen LogP contribution in [0.25, 0.3) is 0 Å². The summed E-state index contributed by atoms with van der Waals surface area (Å²) in [4.78, 5) is 0. The summed E-state index contributed by atoms with van der Waals surface area (Å²) >= 11 is 0. The van der Waals surface area contributed by atoms with Crippen molar-refractivity contribution < 1.29 is 9.13 Å². The highest BCUT2D eigenvalue weighted by Gasteiger charge is 2.05. The van der Waals surface area contributed by atoms with Gasteiger partial charge in [-0.2, -0.15) is 0 Å². The van der Waals surface area contributed by atoms with Crippen molar-refractivity contribution in [3.63, 3.8) is 0 Å². The molecule has 2 nitrogen and oxygen atoms in total. The second kappa shape index (κ2) is 6.72. The monoisotopic (exact) mass is 239 g/mol. The summed E-state index contributed by atoms with van der Waals surface area (Å²) in [7, 11) is 0.